The highest BCUT2D eigenvalue weighted by molar-refractivity contribution is 7.48. The zero-order valence-corrected chi connectivity index (χ0v) is 35.1. The van der Waals surface area contributed by atoms with Crippen LogP contribution in [0.4, 0.5) is 14.6 Å². The number of nitrogens with zero attached hydrogens (tertiary/aromatic N) is 2. The summed E-state index contributed by atoms with van der Waals surface area (Å²) in [5.74, 6) is -6.67. The van der Waals surface area contributed by atoms with Gasteiger partial charge in [-0.25, -0.2) is 18.4 Å². The summed E-state index contributed by atoms with van der Waals surface area (Å²) < 4.78 is 82.6. The Bertz CT molecular complexity index is 1440. The minimum Gasteiger partial charge on any atom is -0.453 e. The molecule has 0 aromatic carbocycles. The Balaban J connectivity index is 2.07. The van der Waals surface area contributed by atoms with E-state index in [2.05, 4.69) is 11.9 Å². The van der Waals surface area contributed by atoms with Crippen molar-refractivity contribution >= 4 is 31.5 Å². The fraction of sp³-hybridized carbons (Fsp3) is 0.816. The standard InChI is InChI=1S/C38H64F2N3O12P/c1-8-9-10-11-12-13-14-15-16-17-18-19-20-21-22-30(44)55-31-28(54-32(38(31,39)40)43-24-23-29(41)42-35(43)47)25-51-56(48,52-26-49-33(45)36(2,3)4)53-27-50-34(46)37(5,6)7/h23-24,28,31-32H,8-22,25-27H2,1-7H3,(H2,41,42,47)/t28-,31-,32-/m1/s1. The van der Waals surface area contributed by atoms with Gasteiger partial charge in [0.15, 0.2) is 6.10 Å². The molecule has 1 aromatic heterocycles. The third kappa shape index (κ3) is 17.3. The summed E-state index contributed by atoms with van der Waals surface area (Å²) in [4.78, 5) is 53.5. The molecule has 1 aromatic rings. The molecule has 1 aliphatic rings. The van der Waals surface area contributed by atoms with Crippen LogP contribution in [0.1, 0.15) is 151 Å². The van der Waals surface area contributed by atoms with Gasteiger partial charge in [-0.05, 0) is 54.0 Å². The summed E-state index contributed by atoms with van der Waals surface area (Å²) in [6.45, 7) is 8.67. The average Bonchev–Trinajstić information content (AvgIpc) is 3.34. The van der Waals surface area contributed by atoms with Crippen molar-refractivity contribution in [2.75, 3.05) is 25.9 Å². The van der Waals surface area contributed by atoms with E-state index < -0.39 is 86.8 Å². The van der Waals surface area contributed by atoms with Crippen LogP contribution in [-0.2, 0) is 51.5 Å². The fourth-order valence-electron chi connectivity index (χ4n) is 5.52. The number of nitrogens with two attached hydrogens (primary N) is 1. The molecule has 0 spiro atoms. The van der Waals surface area contributed by atoms with E-state index in [0.29, 0.717) is 17.4 Å². The number of rotatable bonds is 26. The van der Waals surface area contributed by atoms with Crippen molar-refractivity contribution in [3.05, 3.63) is 22.7 Å². The molecular weight excluding hydrogens is 759 g/mol. The van der Waals surface area contributed by atoms with Crippen LogP contribution >= 0.6 is 7.82 Å². The van der Waals surface area contributed by atoms with E-state index >= 15 is 8.78 Å². The number of anilines is 1. The molecule has 1 aliphatic heterocycles. The van der Waals surface area contributed by atoms with Crippen LogP contribution in [0.3, 0.4) is 0 Å². The number of esters is 3. The quantitative estimate of drug-likeness (QED) is 0.0308. The van der Waals surface area contributed by atoms with Crippen molar-refractivity contribution in [1.29, 1.82) is 0 Å². The van der Waals surface area contributed by atoms with E-state index in [4.69, 9.17) is 38.3 Å². The Morgan fingerprint density at radius 2 is 1.29 bits per heavy atom. The number of halogens is 2. The van der Waals surface area contributed by atoms with Crippen molar-refractivity contribution in [3.8, 4) is 0 Å². The molecule has 15 nitrogen and oxygen atoms in total. The van der Waals surface area contributed by atoms with E-state index in [9.17, 15) is 23.7 Å². The van der Waals surface area contributed by atoms with E-state index in [1.165, 1.54) is 51.4 Å². The predicted molar refractivity (Wildman–Crippen MR) is 203 cm³/mol. The average molecular weight is 824 g/mol. The maximum absolute atomic E-state index is 16.1. The largest absolute Gasteiger partial charge is 0.480 e. The number of phosphoric ester groups is 1. The van der Waals surface area contributed by atoms with Crippen molar-refractivity contribution in [1.82, 2.24) is 9.55 Å². The molecule has 56 heavy (non-hydrogen) atoms. The highest BCUT2D eigenvalue weighted by Gasteiger charge is 2.63. The Kier molecular flexibility index (Phi) is 20.6. The molecule has 0 unspecified atom stereocenters. The number of carbonyl (C=O) groups is 3. The molecule has 2 N–H and O–H groups in total. The molecule has 18 heteroatoms. The lowest BCUT2D eigenvalue weighted by Crippen LogP contribution is -2.44. The first-order valence-electron chi connectivity index (χ1n) is 19.7. The zero-order chi connectivity index (χ0) is 42.0. The van der Waals surface area contributed by atoms with Gasteiger partial charge in [-0.1, -0.05) is 90.4 Å². The number of aromatic nitrogens is 2. The van der Waals surface area contributed by atoms with E-state index in [1.54, 1.807) is 41.5 Å². The Morgan fingerprint density at radius 3 is 1.73 bits per heavy atom. The molecule has 322 valence electrons. The van der Waals surface area contributed by atoms with Crippen molar-refractivity contribution < 1.29 is 60.2 Å². The first kappa shape index (κ1) is 49.2. The Labute approximate surface area is 329 Å². The van der Waals surface area contributed by atoms with Gasteiger partial charge in [0.05, 0.1) is 17.4 Å². The number of carbonyl (C=O) groups excluding carboxylic acids is 3. The summed E-state index contributed by atoms with van der Waals surface area (Å²) in [6, 6.07) is 1.11. The van der Waals surface area contributed by atoms with Crippen LogP contribution in [0.25, 0.3) is 0 Å². The number of alkyl halides is 2. The van der Waals surface area contributed by atoms with E-state index in [0.717, 1.165) is 37.9 Å². The summed E-state index contributed by atoms with van der Waals surface area (Å²) in [5, 5.41) is 0. The molecule has 1 fully saturated rings. The molecule has 0 aliphatic carbocycles. The normalized spacial score (nSPS) is 18.5. The number of ether oxygens (including phenoxy) is 4. The Morgan fingerprint density at radius 1 is 0.821 bits per heavy atom. The molecule has 0 saturated carbocycles. The molecule has 2 rings (SSSR count). The first-order chi connectivity index (χ1) is 26.2. The van der Waals surface area contributed by atoms with E-state index in [-0.39, 0.29) is 12.2 Å². The smallest absolute Gasteiger partial charge is 0.453 e. The summed E-state index contributed by atoms with van der Waals surface area (Å²) in [6.07, 6.45) is 9.66. The maximum Gasteiger partial charge on any atom is 0.480 e. The molecular formula is C38H64F2N3O12P. The van der Waals surface area contributed by atoms with Crippen LogP contribution in [0.5, 0.6) is 0 Å². The van der Waals surface area contributed by atoms with Gasteiger partial charge < -0.3 is 24.7 Å². The Hall–Kier alpha value is -2.98. The molecule has 0 bridgehead atoms. The van der Waals surface area contributed by atoms with Gasteiger partial charge in [-0.2, -0.15) is 13.8 Å². The minimum absolute atomic E-state index is 0.158. The van der Waals surface area contributed by atoms with Crippen LogP contribution in [0.2, 0.25) is 0 Å². The van der Waals surface area contributed by atoms with Gasteiger partial charge in [0.2, 0.25) is 19.8 Å². The number of nitrogen functional groups attached to an aromatic ring is 1. The fourth-order valence-corrected chi connectivity index (χ4v) is 6.43. The van der Waals surface area contributed by atoms with Gasteiger partial charge >= 0.3 is 37.3 Å². The second-order valence-corrected chi connectivity index (χ2v) is 17.8. The lowest BCUT2D eigenvalue weighted by molar-refractivity contribution is -0.176. The van der Waals surface area contributed by atoms with E-state index in [1.807, 2.05) is 0 Å². The second kappa shape index (κ2) is 23.4. The van der Waals surface area contributed by atoms with Crippen molar-refractivity contribution in [2.24, 2.45) is 10.8 Å². The highest BCUT2D eigenvalue weighted by Crippen LogP contribution is 2.52. The summed E-state index contributed by atoms with van der Waals surface area (Å²) in [5.41, 5.74) is 2.44. The minimum atomic E-state index is -4.86. The number of hydrogen-bond donors (Lipinski definition) is 1. The number of phosphoric acid groups is 1. The van der Waals surface area contributed by atoms with Crippen LogP contribution in [0, 0.1) is 10.8 Å². The molecule has 3 atom stereocenters. The van der Waals surface area contributed by atoms with Gasteiger partial charge in [0, 0.05) is 12.6 Å². The van der Waals surface area contributed by atoms with Gasteiger partial charge in [0.25, 0.3) is 0 Å². The summed E-state index contributed by atoms with van der Waals surface area (Å²) >= 11 is 0. The van der Waals surface area contributed by atoms with Crippen LogP contribution < -0.4 is 11.4 Å². The number of hydrogen-bond acceptors (Lipinski definition) is 14. The third-order valence-electron chi connectivity index (χ3n) is 8.87. The lowest BCUT2D eigenvalue weighted by Gasteiger charge is -2.25. The van der Waals surface area contributed by atoms with Gasteiger partial charge in [0.1, 0.15) is 11.9 Å². The predicted octanol–water partition coefficient (Wildman–Crippen LogP) is 8.39. The monoisotopic (exact) mass is 823 g/mol. The third-order valence-corrected chi connectivity index (χ3v) is 10.2. The highest BCUT2D eigenvalue weighted by atomic mass is 31.2. The topological polar surface area (TPSA) is 194 Å². The molecule has 2 heterocycles. The van der Waals surface area contributed by atoms with Gasteiger partial charge in [-0.3, -0.25) is 23.5 Å². The lowest BCUT2D eigenvalue weighted by atomic mass is 9.98. The molecule has 0 amide bonds. The van der Waals surface area contributed by atoms with Gasteiger partial charge in [-0.15, -0.1) is 0 Å². The van der Waals surface area contributed by atoms with Crippen LogP contribution in [0.15, 0.2) is 17.1 Å². The SMILES string of the molecule is CCCCCCCCCCCCCCCCC(=O)O[C@@H]1[C@@H](COP(=O)(OCOC(=O)C(C)(C)C)OCOC(=O)C(C)(C)C)O[C@@H](n2ccc(N)nc2=O)C1(F)F. The maximum atomic E-state index is 16.1. The molecule has 0 radical (unpaired) electrons. The summed E-state index contributed by atoms with van der Waals surface area (Å²) in [7, 11) is -4.86. The van der Waals surface area contributed by atoms with Crippen LogP contribution in [-0.4, -0.2) is 65.8 Å². The molecule has 1 saturated heterocycles. The first-order valence-corrected chi connectivity index (χ1v) is 21.1. The number of unbranched alkanes of at least 4 members (excludes halogenated alkanes) is 13. The van der Waals surface area contributed by atoms with Crippen molar-refractivity contribution in [3.63, 3.8) is 0 Å². The zero-order valence-electron chi connectivity index (χ0n) is 34.2. The van der Waals surface area contributed by atoms with Crippen molar-refractivity contribution in [2.45, 2.75) is 169 Å². The second-order valence-electron chi connectivity index (χ2n) is 16.1.